The van der Waals surface area contributed by atoms with E-state index in [1.807, 2.05) is 5.38 Å². The van der Waals surface area contributed by atoms with Gasteiger partial charge in [0.15, 0.2) is 10.8 Å². The van der Waals surface area contributed by atoms with Crippen molar-refractivity contribution in [2.45, 2.75) is 10.9 Å². The van der Waals surface area contributed by atoms with Crippen molar-refractivity contribution in [2.24, 2.45) is 0 Å². The second-order valence-corrected chi connectivity index (χ2v) is 7.89. The predicted molar refractivity (Wildman–Crippen MR) is 105 cm³/mol. The first-order valence-electron chi connectivity index (χ1n) is 7.27. The van der Waals surface area contributed by atoms with Gasteiger partial charge < -0.3 is 5.84 Å². The third-order valence-corrected chi connectivity index (χ3v) is 5.82. The van der Waals surface area contributed by atoms with Crippen LogP contribution in [0.25, 0.3) is 16.3 Å². The first kappa shape index (κ1) is 17.3. The van der Waals surface area contributed by atoms with Gasteiger partial charge >= 0.3 is 0 Å². The fourth-order valence-corrected chi connectivity index (χ4v) is 4.31. The van der Waals surface area contributed by atoms with Crippen LogP contribution in [0.2, 0.25) is 10.0 Å². The largest absolute Gasteiger partial charge is 0.335 e. The minimum absolute atomic E-state index is 0.116. The fourth-order valence-electron chi connectivity index (χ4n) is 2.33. The number of benzene rings is 1. The number of halogens is 2. The number of aromatic nitrogens is 5. The predicted octanol–water partition coefficient (Wildman–Crippen LogP) is 3.33. The normalized spacial score (nSPS) is 11.3. The molecule has 0 aliphatic rings. The fraction of sp³-hybridized carbons (Fsp3) is 0.0667. The monoisotopic (exact) mass is 424 g/mol. The third-order valence-electron chi connectivity index (χ3n) is 3.54. The molecule has 0 saturated heterocycles. The zero-order valence-electron chi connectivity index (χ0n) is 13.0. The van der Waals surface area contributed by atoms with Gasteiger partial charge in [-0.15, -0.1) is 21.5 Å². The molecular weight excluding hydrogens is 415 g/mol. The summed E-state index contributed by atoms with van der Waals surface area (Å²) in [5.41, 5.74) is 1.17. The van der Waals surface area contributed by atoms with Gasteiger partial charge in [0, 0.05) is 34.0 Å². The standard InChI is InChI=1S/C15H10Cl2N6OS2/c16-8-1-2-10(11(17)5-8)13-20-21-15(23(13)18)26-7-9-6-12(24)22-3-4-25-14(22)19-9/h1-6H,7,18H2. The number of nitrogen functional groups attached to an aromatic ring is 1. The maximum absolute atomic E-state index is 12.0. The smallest absolute Gasteiger partial charge is 0.258 e. The van der Waals surface area contributed by atoms with Crippen molar-refractivity contribution in [3.8, 4) is 11.4 Å². The Morgan fingerprint density at radius 2 is 2.08 bits per heavy atom. The van der Waals surface area contributed by atoms with Crippen molar-refractivity contribution in [1.82, 2.24) is 24.3 Å². The van der Waals surface area contributed by atoms with E-state index < -0.39 is 0 Å². The molecule has 7 nitrogen and oxygen atoms in total. The molecule has 0 saturated carbocycles. The second kappa shape index (κ2) is 6.92. The minimum atomic E-state index is -0.116. The lowest BCUT2D eigenvalue weighted by Crippen LogP contribution is -2.13. The zero-order valence-corrected chi connectivity index (χ0v) is 16.1. The Morgan fingerprint density at radius 1 is 1.23 bits per heavy atom. The quantitative estimate of drug-likeness (QED) is 0.399. The van der Waals surface area contributed by atoms with Crippen molar-refractivity contribution in [3.63, 3.8) is 0 Å². The van der Waals surface area contributed by atoms with Crippen LogP contribution in [-0.2, 0) is 5.75 Å². The van der Waals surface area contributed by atoms with E-state index in [0.29, 0.717) is 43.0 Å². The van der Waals surface area contributed by atoms with E-state index in [1.165, 1.54) is 38.2 Å². The Kier molecular flexibility index (Phi) is 4.62. The van der Waals surface area contributed by atoms with E-state index in [2.05, 4.69) is 15.2 Å². The number of nitrogens with zero attached hydrogens (tertiary/aromatic N) is 5. The summed E-state index contributed by atoms with van der Waals surface area (Å²) in [6.45, 7) is 0. The number of rotatable bonds is 4. The summed E-state index contributed by atoms with van der Waals surface area (Å²) in [6.07, 6.45) is 1.70. The van der Waals surface area contributed by atoms with E-state index in [1.54, 1.807) is 24.4 Å². The maximum atomic E-state index is 12.0. The summed E-state index contributed by atoms with van der Waals surface area (Å²) < 4.78 is 2.86. The summed E-state index contributed by atoms with van der Waals surface area (Å²) in [5.74, 6) is 6.97. The van der Waals surface area contributed by atoms with Gasteiger partial charge in [-0.3, -0.25) is 9.20 Å². The first-order valence-corrected chi connectivity index (χ1v) is 9.89. The van der Waals surface area contributed by atoms with Crippen LogP contribution in [0.15, 0.2) is 45.8 Å². The van der Waals surface area contributed by atoms with Crippen molar-refractivity contribution < 1.29 is 0 Å². The molecule has 26 heavy (non-hydrogen) atoms. The molecule has 3 aromatic heterocycles. The molecule has 132 valence electrons. The SMILES string of the molecule is Nn1c(SCc2cc(=O)n3ccsc3n2)nnc1-c1ccc(Cl)cc1Cl. The molecule has 11 heteroatoms. The minimum Gasteiger partial charge on any atom is -0.335 e. The van der Waals surface area contributed by atoms with Crippen molar-refractivity contribution in [2.75, 3.05) is 5.84 Å². The van der Waals surface area contributed by atoms with Gasteiger partial charge in [-0.25, -0.2) is 9.66 Å². The highest BCUT2D eigenvalue weighted by atomic mass is 35.5. The van der Waals surface area contributed by atoms with E-state index >= 15 is 0 Å². The lowest BCUT2D eigenvalue weighted by Gasteiger charge is -2.05. The Hall–Kier alpha value is -2.07. The number of thioether (sulfide) groups is 1. The number of hydrogen-bond donors (Lipinski definition) is 1. The molecule has 0 atom stereocenters. The van der Waals surface area contributed by atoms with Crippen LogP contribution in [0, 0.1) is 0 Å². The molecule has 0 radical (unpaired) electrons. The molecular formula is C15H10Cl2N6OS2. The molecule has 4 rings (SSSR count). The van der Waals surface area contributed by atoms with Gasteiger partial charge in [0.2, 0.25) is 5.16 Å². The molecule has 0 fully saturated rings. The maximum Gasteiger partial charge on any atom is 0.258 e. The molecule has 0 unspecified atom stereocenters. The van der Waals surface area contributed by atoms with Crippen molar-refractivity contribution >= 4 is 51.3 Å². The van der Waals surface area contributed by atoms with Crippen LogP contribution in [0.3, 0.4) is 0 Å². The summed E-state index contributed by atoms with van der Waals surface area (Å²) in [6, 6.07) is 6.56. The van der Waals surface area contributed by atoms with Gasteiger partial charge in [-0.05, 0) is 18.2 Å². The molecule has 0 bridgehead atoms. The Morgan fingerprint density at radius 3 is 2.88 bits per heavy atom. The van der Waals surface area contributed by atoms with Gasteiger partial charge in [-0.2, -0.15) is 0 Å². The zero-order chi connectivity index (χ0) is 18.3. The molecule has 4 aromatic rings. The Balaban J connectivity index is 1.59. The number of nitrogens with two attached hydrogens (primary N) is 1. The summed E-state index contributed by atoms with van der Waals surface area (Å²) >= 11 is 14.9. The average molecular weight is 425 g/mol. The van der Waals surface area contributed by atoms with Crippen LogP contribution in [0.1, 0.15) is 5.69 Å². The van der Waals surface area contributed by atoms with Crippen LogP contribution in [0.5, 0.6) is 0 Å². The number of fused-ring (bicyclic) bond motifs is 1. The van der Waals surface area contributed by atoms with Crippen molar-refractivity contribution in [3.05, 3.63) is 61.9 Å². The van der Waals surface area contributed by atoms with Crippen LogP contribution in [0.4, 0.5) is 0 Å². The molecule has 2 N–H and O–H groups in total. The highest BCUT2D eigenvalue weighted by molar-refractivity contribution is 7.98. The summed E-state index contributed by atoms with van der Waals surface area (Å²) in [4.78, 5) is 17.1. The molecule has 1 aromatic carbocycles. The average Bonchev–Trinajstić information content (AvgIpc) is 3.21. The number of hydrogen-bond acceptors (Lipinski definition) is 7. The Bertz CT molecular complexity index is 1170. The lowest BCUT2D eigenvalue weighted by molar-refractivity contribution is 0.849. The summed E-state index contributed by atoms with van der Waals surface area (Å²) in [5, 5.41) is 11.5. The van der Waals surface area contributed by atoms with E-state index in [9.17, 15) is 4.79 Å². The van der Waals surface area contributed by atoms with E-state index in [-0.39, 0.29) is 5.56 Å². The van der Waals surface area contributed by atoms with Gasteiger partial charge in [0.25, 0.3) is 5.56 Å². The molecule has 0 spiro atoms. The van der Waals surface area contributed by atoms with Crippen molar-refractivity contribution in [1.29, 1.82) is 0 Å². The Labute approximate surface area is 165 Å². The first-order chi connectivity index (χ1) is 12.5. The van der Waals surface area contributed by atoms with Crippen LogP contribution in [-0.4, -0.2) is 24.3 Å². The van der Waals surface area contributed by atoms with E-state index in [0.717, 1.165) is 0 Å². The van der Waals surface area contributed by atoms with E-state index in [4.69, 9.17) is 29.0 Å². The molecule has 0 aliphatic heterocycles. The summed E-state index contributed by atoms with van der Waals surface area (Å²) in [7, 11) is 0. The highest BCUT2D eigenvalue weighted by Crippen LogP contribution is 2.30. The molecule has 0 amide bonds. The molecule has 0 aliphatic carbocycles. The van der Waals surface area contributed by atoms with Gasteiger partial charge in [0.05, 0.1) is 10.7 Å². The van der Waals surface area contributed by atoms with Gasteiger partial charge in [0.1, 0.15) is 0 Å². The topological polar surface area (TPSA) is 91.1 Å². The molecule has 3 heterocycles. The lowest BCUT2D eigenvalue weighted by atomic mass is 10.2. The van der Waals surface area contributed by atoms with Crippen LogP contribution < -0.4 is 11.4 Å². The highest BCUT2D eigenvalue weighted by Gasteiger charge is 2.15. The van der Waals surface area contributed by atoms with Crippen LogP contribution >= 0.6 is 46.3 Å². The second-order valence-electron chi connectivity index (χ2n) is 5.23. The van der Waals surface area contributed by atoms with Gasteiger partial charge in [-0.1, -0.05) is 35.0 Å². The number of thiazole rings is 1. The third kappa shape index (κ3) is 3.18.